The van der Waals surface area contributed by atoms with Crippen LogP contribution in [0.2, 0.25) is 0 Å². The van der Waals surface area contributed by atoms with Gasteiger partial charge in [-0.05, 0) is 12.8 Å². The maximum atomic E-state index is 11.8. The molecule has 0 saturated carbocycles. The average Bonchev–Trinajstić information content (AvgIpc) is 2.35. The number of hydrogen-bond donors (Lipinski definition) is 2. The minimum atomic E-state index is -0.720. The number of nitrogens with one attached hydrogen (secondary N) is 1. The normalized spacial score (nSPS) is 19.9. The molecule has 0 aromatic rings. The van der Waals surface area contributed by atoms with Crippen LogP contribution in [0.5, 0.6) is 0 Å². The first-order chi connectivity index (χ1) is 8.43. The number of aliphatic hydroxyl groups is 1. The third kappa shape index (κ3) is 4.92. The van der Waals surface area contributed by atoms with E-state index in [1.807, 2.05) is 25.7 Å². The van der Waals surface area contributed by atoms with E-state index in [9.17, 15) is 9.90 Å². The first kappa shape index (κ1) is 15.4. The highest BCUT2D eigenvalue weighted by Crippen LogP contribution is 2.14. The van der Waals surface area contributed by atoms with Gasteiger partial charge in [0.05, 0.1) is 18.8 Å². The highest BCUT2D eigenvalue weighted by atomic mass is 16.5. The van der Waals surface area contributed by atoms with Gasteiger partial charge in [-0.15, -0.1) is 0 Å². The van der Waals surface area contributed by atoms with Crippen LogP contribution in [0.3, 0.4) is 0 Å². The Morgan fingerprint density at radius 2 is 2.06 bits per heavy atom. The minimum absolute atomic E-state index is 0.162. The maximum absolute atomic E-state index is 11.8. The molecule has 0 aromatic heterocycles. The Hall–Kier alpha value is -0.650. The van der Waals surface area contributed by atoms with Crippen LogP contribution in [0.4, 0.5) is 0 Å². The molecular weight excluding hydrogens is 232 g/mol. The maximum Gasteiger partial charge on any atom is 0.224 e. The molecule has 1 amide bonds. The Balaban J connectivity index is 2.15. The Morgan fingerprint density at radius 1 is 1.44 bits per heavy atom. The topological polar surface area (TPSA) is 61.8 Å². The monoisotopic (exact) mass is 258 g/mol. The van der Waals surface area contributed by atoms with E-state index >= 15 is 0 Å². The van der Waals surface area contributed by atoms with Gasteiger partial charge in [-0.1, -0.05) is 13.8 Å². The molecular formula is C13H26N2O3. The molecule has 1 fully saturated rings. The van der Waals surface area contributed by atoms with Crippen molar-refractivity contribution in [1.82, 2.24) is 10.2 Å². The summed E-state index contributed by atoms with van der Waals surface area (Å²) in [6.45, 7) is 9.59. The molecule has 1 aliphatic heterocycles. The fourth-order valence-corrected chi connectivity index (χ4v) is 1.71. The lowest BCUT2D eigenvalue weighted by Crippen LogP contribution is -2.44. The molecule has 106 valence electrons. The van der Waals surface area contributed by atoms with Crippen LogP contribution in [0.15, 0.2) is 0 Å². The molecule has 18 heavy (non-hydrogen) atoms. The van der Waals surface area contributed by atoms with E-state index in [-0.39, 0.29) is 11.8 Å². The summed E-state index contributed by atoms with van der Waals surface area (Å²) in [6, 6.07) is 0. The smallest absolute Gasteiger partial charge is 0.224 e. The predicted molar refractivity (Wildman–Crippen MR) is 70.3 cm³/mol. The van der Waals surface area contributed by atoms with Gasteiger partial charge in [0, 0.05) is 32.6 Å². The second kappa shape index (κ2) is 7.07. The number of hydrogen-bond acceptors (Lipinski definition) is 4. The van der Waals surface area contributed by atoms with Gasteiger partial charge in [0.1, 0.15) is 0 Å². The van der Waals surface area contributed by atoms with Crippen LogP contribution in [0, 0.1) is 5.92 Å². The van der Waals surface area contributed by atoms with Crippen molar-refractivity contribution in [2.24, 2.45) is 5.92 Å². The van der Waals surface area contributed by atoms with Crippen LogP contribution in [-0.4, -0.2) is 60.9 Å². The van der Waals surface area contributed by atoms with Crippen molar-refractivity contribution >= 4 is 5.91 Å². The second-order valence-electron chi connectivity index (χ2n) is 5.43. The van der Waals surface area contributed by atoms with Crippen molar-refractivity contribution in [2.45, 2.75) is 32.8 Å². The highest BCUT2D eigenvalue weighted by molar-refractivity contribution is 5.76. The molecule has 0 aromatic carbocycles. The van der Waals surface area contributed by atoms with Crippen molar-refractivity contribution in [3.63, 3.8) is 0 Å². The Kier molecular flexibility index (Phi) is 6.05. The van der Waals surface area contributed by atoms with Crippen LogP contribution >= 0.6 is 0 Å². The minimum Gasteiger partial charge on any atom is -0.389 e. The molecule has 1 heterocycles. The van der Waals surface area contributed by atoms with Gasteiger partial charge in [0.15, 0.2) is 0 Å². The van der Waals surface area contributed by atoms with Crippen molar-refractivity contribution in [3.05, 3.63) is 0 Å². The van der Waals surface area contributed by atoms with Gasteiger partial charge in [0.25, 0.3) is 0 Å². The Bertz CT molecular complexity index is 261. The van der Waals surface area contributed by atoms with E-state index in [0.29, 0.717) is 45.8 Å². The van der Waals surface area contributed by atoms with E-state index in [4.69, 9.17) is 4.74 Å². The van der Waals surface area contributed by atoms with Gasteiger partial charge in [-0.2, -0.15) is 0 Å². The zero-order chi connectivity index (χ0) is 13.6. The molecule has 5 nitrogen and oxygen atoms in total. The molecule has 0 aliphatic carbocycles. The number of rotatable bonds is 6. The number of carbonyl (C=O) groups is 1. The first-order valence-corrected chi connectivity index (χ1v) is 6.72. The number of ether oxygens (including phenoxy) is 1. The van der Waals surface area contributed by atoms with E-state index in [0.717, 1.165) is 0 Å². The summed E-state index contributed by atoms with van der Waals surface area (Å²) in [4.78, 5) is 13.7. The van der Waals surface area contributed by atoms with Crippen molar-refractivity contribution in [2.75, 3.05) is 39.4 Å². The molecule has 1 unspecified atom stereocenters. The largest absolute Gasteiger partial charge is 0.389 e. The zero-order valence-corrected chi connectivity index (χ0v) is 11.7. The summed E-state index contributed by atoms with van der Waals surface area (Å²) in [7, 11) is 0. The third-order valence-corrected chi connectivity index (χ3v) is 3.61. The van der Waals surface area contributed by atoms with Gasteiger partial charge in [-0.25, -0.2) is 0 Å². The molecule has 1 saturated heterocycles. The number of nitrogens with zero attached hydrogens (tertiary/aromatic N) is 1. The molecule has 5 heteroatoms. The lowest BCUT2D eigenvalue weighted by atomic mass is 9.92. The second-order valence-corrected chi connectivity index (χ2v) is 5.43. The molecule has 1 rings (SSSR count). The van der Waals surface area contributed by atoms with Crippen LogP contribution in [-0.2, 0) is 9.53 Å². The third-order valence-electron chi connectivity index (χ3n) is 3.61. The van der Waals surface area contributed by atoms with E-state index in [2.05, 4.69) is 5.32 Å². The van der Waals surface area contributed by atoms with Gasteiger partial charge in [-0.3, -0.25) is 4.79 Å². The van der Waals surface area contributed by atoms with Gasteiger partial charge < -0.3 is 20.1 Å². The van der Waals surface area contributed by atoms with Crippen LogP contribution in [0.25, 0.3) is 0 Å². The van der Waals surface area contributed by atoms with E-state index in [1.54, 1.807) is 0 Å². The number of morpholine rings is 1. The molecule has 1 aliphatic rings. The lowest BCUT2D eigenvalue weighted by molar-refractivity contribution is -0.135. The highest BCUT2D eigenvalue weighted by Gasteiger charge is 2.24. The molecule has 2 N–H and O–H groups in total. The summed E-state index contributed by atoms with van der Waals surface area (Å²) in [5, 5.41) is 13.2. The standard InChI is InChI=1S/C13H26N2O3/c1-11(2)13(3,17)10-14-5-4-12(16)15-6-8-18-9-7-15/h11,14,17H,4-10H2,1-3H3. The van der Waals surface area contributed by atoms with E-state index < -0.39 is 5.60 Å². The van der Waals surface area contributed by atoms with Crippen LogP contribution in [0.1, 0.15) is 27.2 Å². The number of amides is 1. The fraction of sp³-hybridized carbons (Fsp3) is 0.923. The molecule has 0 spiro atoms. The predicted octanol–water partition coefficient (Wildman–Crippen LogP) is 0.232. The molecule has 0 bridgehead atoms. The summed E-state index contributed by atoms with van der Waals surface area (Å²) in [5.41, 5.74) is -0.720. The lowest BCUT2D eigenvalue weighted by Gasteiger charge is -2.29. The Morgan fingerprint density at radius 3 is 2.61 bits per heavy atom. The van der Waals surface area contributed by atoms with Crippen molar-refractivity contribution < 1.29 is 14.6 Å². The first-order valence-electron chi connectivity index (χ1n) is 6.72. The molecule has 1 atom stereocenters. The quantitative estimate of drug-likeness (QED) is 0.670. The fourth-order valence-electron chi connectivity index (χ4n) is 1.71. The summed E-state index contributed by atoms with van der Waals surface area (Å²) >= 11 is 0. The van der Waals surface area contributed by atoms with E-state index in [1.165, 1.54) is 0 Å². The molecule has 0 radical (unpaired) electrons. The SMILES string of the molecule is CC(C)C(C)(O)CNCCC(=O)N1CCOCC1. The van der Waals surface area contributed by atoms with Crippen molar-refractivity contribution in [1.29, 1.82) is 0 Å². The van der Waals surface area contributed by atoms with Crippen LogP contribution < -0.4 is 5.32 Å². The van der Waals surface area contributed by atoms with Crippen molar-refractivity contribution in [3.8, 4) is 0 Å². The zero-order valence-electron chi connectivity index (χ0n) is 11.7. The average molecular weight is 258 g/mol. The van der Waals surface area contributed by atoms with Gasteiger partial charge >= 0.3 is 0 Å². The summed E-state index contributed by atoms with van der Waals surface area (Å²) in [6.07, 6.45) is 0.480. The summed E-state index contributed by atoms with van der Waals surface area (Å²) < 4.78 is 5.20. The summed E-state index contributed by atoms with van der Waals surface area (Å²) in [5.74, 6) is 0.356. The Labute approximate surface area is 109 Å². The van der Waals surface area contributed by atoms with Gasteiger partial charge in [0.2, 0.25) is 5.91 Å². The number of carbonyl (C=O) groups excluding carboxylic acids is 1.